The molecule has 1 amide bonds. The van der Waals surface area contributed by atoms with Crippen LogP contribution >= 0.6 is 0 Å². The summed E-state index contributed by atoms with van der Waals surface area (Å²) in [7, 11) is 0. The molecule has 2 N–H and O–H groups in total. The molecule has 34 heavy (non-hydrogen) atoms. The van der Waals surface area contributed by atoms with Gasteiger partial charge in [-0.3, -0.25) is 9.69 Å². The van der Waals surface area contributed by atoms with Crippen molar-refractivity contribution in [1.29, 1.82) is 0 Å². The molecule has 5 rings (SSSR count). The summed E-state index contributed by atoms with van der Waals surface area (Å²) in [6.45, 7) is 4.14. The maximum Gasteiger partial charge on any atom is 0.261 e. The van der Waals surface area contributed by atoms with E-state index in [9.17, 15) is 18.7 Å². The molecule has 3 heterocycles. The number of rotatable bonds is 6. The van der Waals surface area contributed by atoms with Crippen LogP contribution in [0.3, 0.4) is 0 Å². The third kappa shape index (κ3) is 4.35. The Hall–Kier alpha value is -3.11. The van der Waals surface area contributed by atoms with E-state index in [4.69, 9.17) is 0 Å². The van der Waals surface area contributed by atoms with E-state index in [1.54, 1.807) is 27.9 Å². The van der Waals surface area contributed by atoms with E-state index in [-0.39, 0.29) is 24.5 Å². The van der Waals surface area contributed by atoms with Crippen LogP contribution in [0.15, 0.2) is 36.8 Å². The van der Waals surface area contributed by atoms with Crippen molar-refractivity contribution in [1.82, 2.24) is 19.5 Å². The van der Waals surface area contributed by atoms with Crippen LogP contribution in [0, 0.1) is 5.41 Å². The number of fused-ring (bicyclic) bond motifs is 2. The zero-order valence-electron chi connectivity index (χ0n) is 19.0. The van der Waals surface area contributed by atoms with Gasteiger partial charge in [-0.15, -0.1) is 0 Å². The van der Waals surface area contributed by atoms with Gasteiger partial charge in [-0.25, -0.2) is 18.3 Å². The molecule has 2 aliphatic rings. The fourth-order valence-electron chi connectivity index (χ4n) is 5.00. The van der Waals surface area contributed by atoms with E-state index in [2.05, 4.69) is 33.3 Å². The van der Waals surface area contributed by atoms with Crippen LogP contribution in [0.25, 0.3) is 5.65 Å². The smallest absolute Gasteiger partial charge is 0.261 e. The predicted molar refractivity (Wildman–Crippen MR) is 125 cm³/mol. The van der Waals surface area contributed by atoms with Crippen LogP contribution in [-0.2, 0) is 12.8 Å². The van der Waals surface area contributed by atoms with Gasteiger partial charge in [0.2, 0.25) is 0 Å². The first-order chi connectivity index (χ1) is 16.3. The van der Waals surface area contributed by atoms with E-state index in [1.165, 1.54) is 6.20 Å². The van der Waals surface area contributed by atoms with E-state index >= 15 is 0 Å². The average Bonchev–Trinajstić information content (AvgIpc) is 3.39. The summed E-state index contributed by atoms with van der Waals surface area (Å²) in [5.41, 5.74) is 4.40. The number of nitrogens with zero attached hydrogens (tertiary/aromatic N) is 5. The van der Waals surface area contributed by atoms with Crippen molar-refractivity contribution in [2.24, 2.45) is 5.41 Å². The van der Waals surface area contributed by atoms with Crippen molar-refractivity contribution in [2.75, 3.05) is 49.5 Å². The van der Waals surface area contributed by atoms with Crippen molar-refractivity contribution in [3.63, 3.8) is 0 Å². The Kier molecular flexibility index (Phi) is 5.95. The number of halogens is 2. The van der Waals surface area contributed by atoms with Crippen molar-refractivity contribution in [3.8, 4) is 0 Å². The van der Waals surface area contributed by atoms with Gasteiger partial charge in [-0.1, -0.05) is 6.92 Å². The molecule has 10 heteroatoms. The third-order valence-electron chi connectivity index (χ3n) is 6.82. The molecule has 0 spiro atoms. The highest BCUT2D eigenvalue weighted by Crippen LogP contribution is 2.41. The minimum atomic E-state index is -2.35. The topological polar surface area (TPSA) is 86.0 Å². The van der Waals surface area contributed by atoms with E-state index in [1.807, 2.05) is 6.07 Å². The van der Waals surface area contributed by atoms with Gasteiger partial charge in [-0.2, -0.15) is 5.10 Å². The molecule has 1 aromatic carbocycles. The zero-order valence-corrected chi connectivity index (χ0v) is 19.0. The predicted octanol–water partition coefficient (Wildman–Crippen LogP) is 2.47. The lowest BCUT2D eigenvalue weighted by Crippen LogP contribution is -2.48. The van der Waals surface area contributed by atoms with Gasteiger partial charge in [-0.05, 0) is 47.6 Å². The molecular formula is C24H28F2N6O2. The Morgan fingerprint density at radius 3 is 2.65 bits per heavy atom. The standard InChI is InChI=1S/C24H28F2N6O2/c1-24(15-33)11-16-9-19(29-23(34)18-13-28-32-4-2-3-27-22(18)32)20(10-17(16)12-24)31-7-5-30(6-8-31)14-21(25)26/h2-4,9-10,13,21,33H,5-8,11-12,14-15H2,1H3,(H,29,34). The molecule has 1 aliphatic heterocycles. The third-order valence-corrected chi connectivity index (χ3v) is 6.82. The Morgan fingerprint density at radius 2 is 1.94 bits per heavy atom. The number of anilines is 2. The first kappa shape index (κ1) is 22.7. The van der Waals surface area contributed by atoms with Crippen LogP contribution in [-0.4, -0.2) is 76.3 Å². The van der Waals surface area contributed by atoms with Crippen LogP contribution in [0.2, 0.25) is 0 Å². The number of hydrogen-bond donors (Lipinski definition) is 2. The highest BCUT2D eigenvalue weighted by molar-refractivity contribution is 6.09. The first-order valence-corrected chi connectivity index (χ1v) is 11.5. The summed E-state index contributed by atoms with van der Waals surface area (Å²) in [6.07, 6.45) is 3.97. The Morgan fingerprint density at radius 1 is 1.21 bits per heavy atom. The zero-order chi connectivity index (χ0) is 23.9. The second kappa shape index (κ2) is 8.92. The van der Waals surface area contributed by atoms with Crippen LogP contribution < -0.4 is 10.2 Å². The summed E-state index contributed by atoms with van der Waals surface area (Å²) in [5, 5.41) is 17.1. The minimum Gasteiger partial charge on any atom is -0.396 e. The maximum atomic E-state index is 13.2. The van der Waals surface area contributed by atoms with Crippen LogP contribution in [0.4, 0.5) is 20.2 Å². The Labute approximate surface area is 196 Å². The number of hydrogen-bond acceptors (Lipinski definition) is 6. The Balaban J connectivity index is 1.45. The van der Waals surface area contributed by atoms with Gasteiger partial charge in [0.05, 0.1) is 24.1 Å². The molecular weight excluding hydrogens is 442 g/mol. The molecule has 1 atom stereocenters. The minimum absolute atomic E-state index is 0.0824. The van der Waals surface area contributed by atoms with Gasteiger partial charge >= 0.3 is 0 Å². The summed E-state index contributed by atoms with van der Waals surface area (Å²) in [6, 6.07) is 5.82. The summed E-state index contributed by atoms with van der Waals surface area (Å²) < 4.78 is 27.2. The van der Waals surface area contributed by atoms with Crippen molar-refractivity contribution < 1.29 is 18.7 Å². The van der Waals surface area contributed by atoms with Crippen molar-refractivity contribution in [3.05, 3.63) is 53.5 Å². The lowest BCUT2D eigenvalue weighted by Gasteiger charge is -2.37. The number of nitrogens with one attached hydrogen (secondary N) is 1. The Bertz CT molecular complexity index is 1210. The molecule has 1 saturated heterocycles. The molecule has 0 saturated carbocycles. The summed E-state index contributed by atoms with van der Waals surface area (Å²) >= 11 is 0. The second-order valence-corrected chi connectivity index (χ2v) is 9.54. The van der Waals surface area contributed by atoms with Crippen LogP contribution in [0.5, 0.6) is 0 Å². The monoisotopic (exact) mass is 470 g/mol. The van der Waals surface area contributed by atoms with Gasteiger partial charge in [0.1, 0.15) is 5.56 Å². The number of alkyl halides is 2. The largest absolute Gasteiger partial charge is 0.396 e. The molecule has 2 aromatic heterocycles. The van der Waals surface area contributed by atoms with Crippen molar-refractivity contribution >= 4 is 22.9 Å². The number of benzene rings is 1. The van der Waals surface area contributed by atoms with E-state index < -0.39 is 6.43 Å². The number of amides is 1. The highest BCUT2D eigenvalue weighted by Gasteiger charge is 2.34. The number of piperazine rings is 1. The molecule has 1 unspecified atom stereocenters. The number of aliphatic hydroxyl groups excluding tert-OH is 1. The lowest BCUT2D eigenvalue weighted by molar-refractivity contribution is 0.0854. The first-order valence-electron chi connectivity index (χ1n) is 11.5. The summed E-state index contributed by atoms with van der Waals surface area (Å²) in [5.74, 6) is -0.311. The van der Waals surface area contributed by atoms with Crippen LogP contribution in [0.1, 0.15) is 28.4 Å². The SMILES string of the molecule is CC1(CO)Cc2cc(NC(=O)c3cnn4cccnc34)c(N3CCN(CC(F)F)CC3)cc2C1. The summed E-state index contributed by atoms with van der Waals surface area (Å²) in [4.78, 5) is 21.4. The fourth-order valence-corrected chi connectivity index (χ4v) is 5.00. The maximum absolute atomic E-state index is 13.2. The molecule has 1 fully saturated rings. The van der Waals surface area contributed by atoms with Gasteiger partial charge in [0.15, 0.2) is 5.65 Å². The average molecular weight is 471 g/mol. The fraction of sp³-hybridized carbons (Fsp3) is 0.458. The van der Waals surface area contributed by atoms with Gasteiger partial charge < -0.3 is 15.3 Å². The number of carbonyl (C=O) groups is 1. The molecule has 180 valence electrons. The number of aromatic nitrogens is 3. The highest BCUT2D eigenvalue weighted by atomic mass is 19.3. The molecule has 0 bridgehead atoms. The second-order valence-electron chi connectivity index (χ2n) is 9.54. The van der Waals surface area contributed by atoms with Gasteiger partial charge in [0, 0.05) is 45.2 Å². The molecule has 3 aromatic rings. The molecule has 1 aliphatic carbocycles. The van der Waals surface area contributed by atoms with Crippen molar-refractivity contribution in [2.45, 2.75) is 26.2 Å². The quantitative estimate of drug-likeness (QED) is 0.576. The molecule has 0 radical (unpaired) electrons. The molecule has 8 nitrogen and oxygen atoms in total. The van der Waals surface area contributed by atoms with E-state index in [0.29, 0.717) is 43.1 Å². The van der Waals surface area contributed by atoms with Gasteiger partial charge in [0.25, 0.3) is 12.3 Å². The van der Waals surface area contributed by atoms with E-state index in [0.717, 1.165) is 29.7 Å². The normalized spacial score (nSPS) is 20.8. The number of aliphatic hydroxyl groups is 1. The lowest BCUT2D eigenvalue weighted by atomic mass is 9.88. The number of carbonyl (C=O) groups excluding carboxylic acids is 1.